The minimum Gasteiger partial charge on any atom is -0.497 e. The molecule has 1 heterocycles. The van der Waals surface area contributed by atoms with Gasteiger partial charge in [0.15, 0.2) is 5.69 Å². The van der Waals surface area contributed by atoms with Gasteiger partial charge in [-0.15, -0.1) is 0 Å². The number of carbonyl (C=O) groups is 1. The lowest BCUT2D eigenvalue weighted by Gasteiger charge is -2.09. The predicted molar refractivity (Wildman–Crippen MR) is 84.1 cm³/mol. The van der Waals surface area contributed by atoms with Crippen LogP contribution in [0.2, 0.25) is 0 Å². The van der Waals surface area contributed by atoms with Crippen LogP contribution in [0, 0.1) is 0 Å². The number of nitrogens with zero attached hydrogens (tertiary/aromatic N) is 1. The Balaban J connectivity index is 1.87. The van der Waals surface area contributed by atoms with Crippen molar-refractivity contribution in [3.63, 3.8) is 0 Å². The molecule has 0 saturated heterocycles. The van der Waals surface area contributed by atoms with Gasteiger partial charge in [0, 0.05) is 6.54 Å². The normalized spacial score (nSPS) is 13.4. The highest BCUT2D eigenvalue weighted by Crippen LogP contribution is 2.14. The van der Waals surface area contributed by atoms with Crippen molar-refractivity contribution < 1.29 is 19.1 Å². The molecule has 2 unspecified atom stereocenters. The second kappa shape index (κ2) is 7.75. The lowest BCUT2D eigenvalue weighted by Crippen LogP contribution is -2.27. The van der Waals surface area contributed by atoms with Crippen molar-refractivity contribution in [2.45, 2.75) is 25.5 Å². The van der Waals surface area contributed by atoms with Crippen molar-refractivity contribution in [2.75, 3.05) is 13.7 Å². The molecule has 1 aromatic heterocycles. The van der Waals surface area contributed by atoms with Gasteiger partial charge in [0.05, 0.1) is 13.2 Å². The first-order chi connectivity index (χ1) is 11.0. The van der Waals surface area contributed by atoms with E-state index in [1.165, 1.54) is 13.2 Å². The van der Waals surface area contributed by atoms with Crippen LogP contribution in [0.4, 0.5) is 0 Å². The second-order valence-electron chi connectivity index (χ2n) is 5.19. The van der Waals surface area contributed by atoms with E-state index in [-0.39, 0.29) is 17.5 Å². The van der Waals surface area contributed by atoms with E-state index in [4.69, 9.17) is 14.9 Å². The molecule has 23 heavy (non-hydrogen) atoms. The number of hydrogen-bond acceptors (Lipinski definition) is 6. The fourth-order valence-corrected chi connectivity index (χ4v) is 1.99. The molecule has 0 bridgehead atoms. The summed E-state index contributed by atoms with van der Waals surface area (Å²) in [6.45, 7) is 1.99. The van der Waals surface area contributed by atoms with Crippen LogP contribution >= 0.6 is 0 Å². The third-order valence-electron chi connectivity index (χ3n) is 3.39. The molecule has 0 aliphatic heterocycles. The average molecular weight is 319 g/mol. The summed E-state index contributed by atoms with van der Waals surface area (Å²) in [4.78, 5) is 16.0. The first-order valence-electron chi connectivity index (χ1n) is 7.31. The number of carbonyl (C=O) groups excluding carboxylic acids is 1. The van der Waals surface area contributed by atoms with E-state index >= 15 is 0 Å². The van der Waals surface area contributed by atoms with Crippen molar-refractivity contribution in [1.29, 1.82) is 0 Å². The summed E-state index contributed by atoms with van der Waals surface area (Å²) in [5.41, 5.74) is 6.90. The number of ether oxygens (including phenoxy) is 1. The average Bonchev–Trinajstić information content (AvgIpc) is 3.04. The van der Waals surface area contributed by atoms with Crippen LogP contribution in [0.5, 0.6) is 5.75 Å². The van der Waals surface area contributed by atoms with E-state index in [0.29, 0.717) is 13.0 Å². The zero-order valence-electron chi connectivity index (χ0n) is 13.2. The Labute approximate surface area is 134 Å². The standard InChI is InChI=1S/C16H21N3O4/c1-10(20)14(17)16-19-13(9-23-16)15(21)18-7-6-11-4-3-5-12(8-11)22-2/h3-5,8-10,14,20H,6-7,17H2,1-2H3,(H,18,21). The fraction of sp³-hybridized carbons (Fsp3) is 0.375. The predicted octanol–water partition coefficient (Wildman–Crippen LogP) is 1.04. The molecule has 2 atom stereocenters. The van der Waals surface area contributed by atoms with Crippen molar-refractivity contribution in [1.82, 2.24) is 10.3 Å². The molecule has 0 radical (unpaired) electrons. The van der Waals surface area contributed by atoms with Crippen LogP contribution in [0.25, 0.3) is 0 Å². The molecule has 0 aliphatic carbocycles. The summed E-state index contributed by atoms with van der Waals surface area (Å²) in [5, 5.41) is 12.2. The Hall–Kier alpha value is -2.38. The number of nitrogens with one attached hydrogen (secondary N) is 1. The summed E-state index contributed by atoms with van der Waals surface area (Å²) in [6, 6.07) is 6.89. The minimum absolute atomic E-state index is 0.137. The molecule has 4 N–H and O–H groups in total. The van der Waals surface area contributed by atoms with Gasteiger partial charge in [0.2, 0.25) is 5.89 Å². The van der Waals surface area contributed by atoms with Gasteiger partial charge < -0.3 is 25.3 Å². The molecule has 0 fully saturated rings. The molecule has 7 heteroatoms. The first-order valence-corrected chi connectivity index (χ1v) is 7.31. The summed E-state index contributed by atoms with van der Waals surface area (Å²) in [7, 11) is 1.61. The number of nitrogens with two attached hydrogens (primary N) is 1. The van der Waals surface area contributed by atoms with Crippen LogP contribution in [0.1, 0.15) is 34.9 Å². The number of aliphatic hydroxyl groups excluding tert-OH is 1. The number of oxazole rings is 1. The van der Waals surface area contributed by atoms with Gasteiger partial charge in [-0.3, -0.25) is 4.79 Å². The first kappa shape index (κ1) is 17.0. The van der Waals surface area contributed by atoms with E-state index in [0.717, 1.165) is 11.3 Å². The van der Waals surface area contributed by atoms with Crippen molar-refractivity contribution in [3.8, 4) is 5.75 Å². The Morgan fingerprint density at radius 2 is 2.30 bits per heavy atom. The Morgan fingerprint density at radius 3 is 3.00 bits per heavy atom. The molecule has 2 rings (SSSR count). The molecule has 124 valence electrons. The van der Waals surface area contributed by atoms with E-state index in [1.807, 2.05) is 24.3 Å². The molecular weight excluding hydrogens is 298 g/mol. The highest BCUT2D eigenvalue weighted by atomic mass is 16.5. The van der Waals surface area contributed by atoms with Crippen LogP contribution in [-0.2, 0) is 6.42 Å². The molecule has 7 nitrogen and oxygen atoms in total. The van der Waals surface area contributed by atoms with Gasteiger partial charge in [0.25, 0.3) is 5.91 Å². The number of hydrogen-bond donors (Lipinski definition) is 3. The number of aliphatic hydroxyl groups is 1. The maximum absolute atomic E-state index is 12.0. The van der Waals surface area contributed by atoms with Gasteiger partial charge in [-0.25, -0.2) is 4.98 Å². The number of amides is 1. The molecule has 1 aromatic carbocycles. The maximum Gasteiger partial charge on any atom is 0.273 e. The van der Waals surface area contributed by atoms with Gasteiger partial charge in [-0.1, -0.05) is 12.1 Å². The zero-order chi connectivity index (χ0) is 16.8. The summed E-state index contributed by atoms with van der Waals surface area (Å²) in [6.07, 6.45) is 1.09. The van der Waals surface area contributed by atoms with Gasteiger partial charge in [-0.2, -0.15) is 0 Å². The lowest BCUT2D eigenvalue weighted by atomic mass is 10.1. The smallest absolute Gasteiger partial charge is 0.273 e. The van der Waals surface area contributed by atoms with E-state index in [1.54, 1.807) is 7.11 Å². The SMILES string of the molecule is COc1cccc(CCNC(=O)c2coc(C(N)C(C)O)n2)c1. The van der Waals surface area contributed by atoms with Crippen LogP contribution in [-0.4, -0.2) is 35.8 Å². The van der Waals surface area contributed by atoms with Crippen LogP contribution in [0.3, 0.4) is 0 Å². The number of rotatable bonds is 7. The minimum atomic E-state index is -0.808. The third-order valence-corrected chi connectivity index (χ3v) is 3.39. The van der Waals surface area contributed by atoms with E-state index in [9.17, 15) is 9.90 Å². The van der Waals surface area contributed by atoms with Crippen molar-refractivity contribution in [3.05, 3.63) is 47.7 Å². The van der Waals surface area contributed by atoms with E-state index < -0.39 is 12.1 Å². The van der Waals surface area contributed by atoms with Crippen LogP contribution in [0.15, 0.2) is 34.9 Å². The summed E-state index contributed by atoms with van der Waals surface area (Å²) in [5.74, 6) is 0.570. The topological polar surface area (TPSA) is 111 Å². The molecule has 0 saturated carbocycles. The monoisotopic (exact) mass is 319 g/mol. The molecule has 1 amide bonds. The summed E-state index contributed by atoms with van der Waals surface area (Å²) >= 11 is 0. The highest BCUT2D eigenvalue weighted by molar-refractivity contribution is 5.91. The van der Waals surface area contributed by atoms with Gasteiger partial charge in [0.1, 0.15) is 18.1 Å². The van der Waals surface area contributed by atoms with Crippen molar-refractivity contribution >= 4 is 5.91 Å². The third kappa shape index (κ3) is 4.54. The number of methoxy groups -OCH3 is 1. The van der Waals surface area contributed by atoms with Crippen LogP contribution < -0.4 is 15.8 Å². The van der Waals surface area contributed by atoms with Crippen molar-refractivity contribution in [2.24, 2.45) is 5.73 Å². The largest absolute Gasteiger partial charge is 0.497 e. The number of aromatic nitrogens is 1. The highest BCUT2D eigenvalue weighted by Gasteiger charge is 2.20. The van der Waals surface area contributed by atoms with Gasteiger partial charge in [-0.05, 0) is 31.0 Å². The Bertz CT molecular complexity index is 654. The molecular formula is C16H21N3O4. The number of benzene rings is 1. The van der Waals surface area contributed by atoms with Gasteiger partial charge >= 0.3 is 0 Å². The molecule has 0 aliphatic rings. The molecule has 2 aromatic rings. The quantitative estimate of drug-likeness (QED) is 0.703. The Morgan fingerprint density at radius 1 is 1.52 bits per heavy atom. The summed E-state index contributed by atoms with van der Waals surface area (Å²) < 4.78 is 10.3. The zero-order valence-corrected chi connectivity index (χ0v) is 13.2. The lowest BCUT2D eigenvalue weighted by molar-refractivity contribution is 0.0948. The Kier molecular flexibility index (Phi) is 5.72. The maximum atomic E-state index is 12.0. The second-order valence-corrected chi connectivity index (χ2v) is 5.19. The van der Waals surface area contributed by atoms with E-state index in [2.05, 4.69) is 10.3 Å². The fourth-order valence-electron chi connectivity index (χ4n) is 1.99. The molecule has 0 spiro atoms.